The van der Waals surface area contributed by atoms with Crippen LogP contribution >= 0.6 is 0 Å². The normalized spacial score (nSPS) is 23.0. The second-order valence-electron chi connectivity index (χ2n) is 7.49. The molecular weight excluding hydrogens is 324 g/mol. The van der Waals surface area contributed by atoms with Gasteiger partial charge in [-0.2, -0.15) is 0 Å². The van der Waals surface area contributed by atoms with Crippen molar-refractivity contribution in [3.8, 4) is 0 Å². The minimum atomic E-state index is 0.0407. The van der Waals surface area contributed by atoms with Crippen molar-refractivity contribution < 1.29 is 4.79 Å². The molecule has 26 heavy (non-hydrogen) atoms. The number of nitrogens with zero attached hydrogens (tertiary/aromatic N) is 4. The van der Waals surface area contributed by atoms with Gasteiger partial charge in [0.1, 0.15) is 5.69 Å². The van der Waals surface area contributed by atoms with E-state index in [1.54, 1.807) is 18.6 Å². The molecule has 5 nitrogen and oxygen atoms in total. The van der Waals surface area contributed by atoms with E-state index < -0.39 is 0 Å². The van der Waals surface area contributed by atoms with Crippen LogP contribution in [0.2, 0.25) is 0 Å². The second-order valence-corrected chi connectivity index (χ2v) is 7.49. The van der Waals surface area contributed by atoms with Gasteiger partial charge in [0.2, 0.25) is 0 Å². The number of carbonyl (C=O) groups excluding carboxylic acids is 1. The van der Waals surface area contributed by atoms with Crippen LogP contribution in [0.5, 0.6) is 0 Å². The molecule has 2 atom stereocenters. The summed E-state index contributed by atoms with van der Waals surface area (Å²) in [4.78, 5) is 25.7. The maximum absolute atomic E-state index is 12.9. The van der Waals surface area contributed by atoms with Crippen molar-refractivity contribution >= 4 is 5.91 Å². The first-order valence-electron chi connectivity index (χ1n) is 9.63. The topological polar surface area (TPSA) is 49.3 Å². The maximum atomic E-state index is 12.9. The highest BCUT2D eigenvalue weighted by Gasteiger charge is 2.37. The van der Waals surface area contributed by atoms with Crippen LogP contribution in [0.1, 0.15) is 35.3 Å². The van der Waals surface area contributed by atoms with E-state index in [1.807, 2.05) is 0 Å². The number of aromatic nitrogens is 2. The average molecular weight is 350 g/mol. The Bertz CT molecular complexity index is 721. The van der Waals surface area contributed by atoms with Gasteiger partial charge in [0.15, 0.2) is 0 Å². The Kier molecular flexibility index (Phi) is 5.25. The smallest absolute Gasteiger partial charge is 0.274 e. The van der Waals surface area contributed by atoms with E-state index in [0.717, 1.165) is 39.0 Å². The Morgan fingerprint density at radius 3 is 2.77 bits per heavy atom. The number of aryl methyl sites for hydroxylation is 1. The molecule has 0 saturated carbocycles. The Morgan fingerprint density at radius 2 is 1.96 bits per heavy atom. The van der Waals surface area contributed by atoms with Gasteiger partial charge in [-0.15, -0.1) is 0 Å². The van der Waals surface area contributed by atoms with Gasteiger partial charge >= 0.3 is 0 Å². The SMILES string of the molecule is O=C(c1cnccn1)N1C[C@H]2CC[C@@H]1CN(CCCc1ccccc1)C2. The van der Waals surface area contributed by atoms with Crippen molar-refractivity contribution in [1.82, 2.24) is 19.8 Å². The number of carbonyl (C=O) groups is 1. The van der Waals surface area contributed by atoms with E-state index in [9.17, 15) is 4.79 Å². The number of rotatable bonds is 5. The predicted octanol–water partition coefficient (Wildman–Crippen LogP) is 2.65. The summed E-state index contributed by atoms with van der Waals surface area (Å²) in [5, 5.41) is 0. The van der Waals surface area contributed by atoms with Crippen LogP contribution < -0.4 is 0 Å². The van der Waals surface area contributed by atoms with Gasteiger partial charge in [-0.3, -0.25) is 9.78 Å². The third-order valence-corrected chi connectivity index (χ3v) is 5.61. The molecule has 3 aliphatic heterocycles. The molecule has 1 aromatic carbocycles. The van der Waals surface area contributed by atoms with Gasteiger partial charge in [0, 0.05) is 38.1 Å². The summed E-state index contributed by atoms with van der Waals surface area (Å²) >= 11 is 0. The highest BCUT2D eigenvalue weighted by atomic mass is 16.2. The maximum Gasteiger partial charge on any atom is 0.274 e. The Hall–Kier alpha value is -2.27. The number of hydrogen-bond donors (Lipinski definition) is 0. The molecule has 2 bridgehead atoms. The first kappa shape index (κ1) is 17.2. The van der Waals surface area contributed by atoms with E-state index in [-0.39, 0.29) is 5.91 Å². The third kappa shape index (κ3) is 3.93. The number of amides is 1. The Morgan fingerprint density at radius 1 is 1.08 bits per heavy atom. The molecule has 3 saturated heterocycles. The lowest BCUT2D eigenvalue weighted by atomic mass is 9.95. The molecule has 1 aromatic heterocycles. The van der Waals surface area contributed by atoms with Crippen molar-refractivity contribution in [3.05, 3.63) is 60.2 Å². The third-order valence-electron chi connectivity index (χ3n) is 5.61. The van der Waals surface area contributed by atoms with Gasteiger partial charge < -0.3 is 9.80 Å². The van der Waals surface area contributed by atoms with E-state index in [2.05, 4.69) is 50.1 Å². The minimum Gasteiger partial charge on any atom is -0.333 e. The number of piperidine rings is 1. The molecule has 136 valence electrons. The zero-order valence-corrected chi connectivity index (χ0v) is 15.1. The van der Waals surface area contributed by atoms with E-state index >= 15 is 0 Å². The lowest BCUT2D eigenvalue weighted by Crippen LogP contribution is -2.47. The van der Waals surface area contributed by atoms with Crippen LogP contribution in [0.3, 0.4) is 0 Å². The van der Waals surface area contributed by atoms with Gasteiger partial charge in [-0.25, -0.2) is 4.98 Å². The summed E-state index contributed by atoms with van der Waals surface area (Å²) < 4.78 is 0. The Balaban J connectivity index is 1.36. The fourth-order valence-electron chi connectivity index (χ4n) is 4.32. The lowest BCUT2D eigenvalue weighted by molar-refractivity contribution is 0.0578. The largest absolute Gasteiger partial charge is 0.333 e. The molecule has 0 unspecified atom stereocenters. The first-order chi connectivity index (χ1) is 12.8. The summed E-state index contributed by atoms with van der Waals surface area (Å²) in [6, 6.07) is 11.0. The van der Waals surface area contributed by atoms with Crippen LogP contribution in [0.25, 0.3) is 0 Å². The van der Waals surface area contributed by atoms with Crippen LogP contribution in [-0.4, -0.2) is 57.9 Å². The molecule has 0 N–H and O–H groups in total. The minimum absolute atomic E-state index is 0.0407. The molecule has 3 aliphatic rings. The van der Waals surface area contributed by atoms with Crippen molar-refractivity contribution in [2.75, 3.05) is 26.2 Å². The van der Waals surface area contributed by atoms with E-state index in [0.29, 0.717) is 17.7 Å². The van der Waals surface area contributed by atoms with E-state index in [4.69, 9.17) is 0 Å². The lowest BCUT2D eigenvalue weighted by Gasteiger charge is -2.36. The fraction of sp³-hybridized carbons (Fsp3) is 0.476. The van der Waals surface area contributed by atoms with Crippen LogP contribution in [-0.2, 0) is 6.42 Å². The number of fused-ring (bicyclic) bond motifs is 4. The van der Waals surface area contributed by atoms with E-state index in [1.165, 1.54) is 18.4 Å². The molecule has 0 spiro atoms. The fourth-order valence-corrected chi connectivity index (χ4v) is 4.32. The van der Waals surface area contributed by atoms with Crippen molar-refractivity contribution in [3.63, 3.8) is 0 Å². The van der Waals surface area contributed by atoms with Gasteiger partial charge in [0.25, 0.3) is 5.91 Å². The molecule has 2 aromatic rings. The highest BCUT2D eigenvalue weighted by Crippen LogP contribution is 2.29. The second kappa shape index (κ2) is 7.96. The van der Waals surface area contributed by atoms with Crippen LogP contribution in [0.4, 0.5) is 0 Å². The molecule has 1 amide bonds. The number of benzene rings is 1. The average Bonchev–Trinajstić information content (AvgIpc) is 3.00. The summed E-state index contributed by atoms with van der Waals surface area (Å²) in [6.45, 7) is 4.05. The molecule has 5 heteroatoms. The summed E-state index contributed by atoms with van der Waals surface area (Å²) in [7, 11) is 0. The summed E-state index contributed by atoms with van der Waals surface area (Å²) in [6.07, 6.45) is 9.41. The zero-order valence-electron chi connectivity index (χ0n) is 15.1. The molecule has 0 radical (unpaired) electrons. The van der Waals surface area contributed by atoms with Gasteiger partial charge in [-0.1, -0.05) is 30.3 Å². The molecule has 3 fully saturated rings. The molecular formula is C21H26N4O. The molecule has 5 rings (SSSR count). The van der Waals surface area contributed by atoms with Crippen molar-refractivity contribution in [2.45, 2.75) is 31.7 Å². The summed E-state index contributed by atoms with van der Waals surface area (Å²) in [5.41, 5.74) is 1.88. The summed E-state index contributed by atoms with van der Waals surface area (Å²) in [5.74, 6) is 0.616. The quantitative estimate of drug-likeness (QED) is 0.832. The molecule has 4 heterocycles. The standard InChI is InChI=1S/C21H26N4O/c26-21(20-13-22-10-11-23-20)25-15-18-8-9-19(25)16-24(14-18)12-4-7-17-5-2-1-3-6-17/h1-3,5-6,10-11,13,18-19H,4,7-9,12,14-16H2/t18-,19+/m0/s1. The Labute approximate surface area is 155 Å². The molecule has 0 aliphatic carbocycles. The first-order valence-corrected chi connectivity index (χ1v) is 9.63. The monoisotopic (exact) mass is 350 g/mol. The van der Waals surface area contributed by atoms with Gasteiger partial charge in [-0.05, 0) is 43.7 Å². The van der Waals surface area contributed by atoms with Crippen LogP contribution in [0.15, 0.2) is 48.9 Å². The zero-order chi connectivity index (χ0) is 17.8. The highest BCUT2D eigenvalue weighted by molar-refractivity contribution is 5.92. The number of hydrogen-bond acceptors (Lipinski definition) is 4. The van der Waals surface area contributed by atoms with Gasteiger partial charge in [0.05, 0.1) is 6.20 Å². The predicted molar refractivity (Wildman–Crippen MR) is 101 cm³/mol. The van der Waals surface area contributed by atoms with Crippen molar-refractivity contribution in [1.29, 1.82) is 0 Å². The van der Waals surface area contributed by atoms with Crippen LogP contribution in [0, 0.1) is 5.92 Å². The van der Waals surface area contributed by atoms with Crippen molar-refractivity contribution in [2.24, 2.45) is 5.92 Å².